The van der Waals surface area contributed by atoms with Gasteiger partial charge in [0.05, 0.1) is 18.1 Å². The SMILES string of the molecule is COC(=O)c1sc2[nH]c(=O)c(-c3ccccc3)c(O)c2c1-c1ccccc1. The number of esters is 1. The quantitative estimate of drug-likeness (QED) is 0.518. The highest BCUT2D eigenvalue weighted by Crippen LogP contribution is 2.44. The molecule has 4 rings (SSSR count). The van der Waals surface area contributed by atoms with Gasteiger partial charge in [-0.1, -0.05) is 60.7 Å². The number of aromatic hydroxyl groups is 1. The van der Waals surface area contributed by atoms with E-state index in [1.807, 2.05) is 36.4 Å². The van der Waals surface area contributed by atoms with E-state index in [4.69, 9.17) is 4.74 Å². The topological polar surface area (TPSA) is 79.4 Å². The Hall–Kier alpha value is -3.38. The minimum absolute atomic E-state index is 0.148. The maximum atomic E-state index is 12.6. The molecule has 0 fully saturated rings. The number of carbonyl (C=O) groups is 1. The number of hydrogen-bond donors (Lipinski definition) is 2. The molecule has 0 aliphatic rings. The zero-order chi connectivity index (χ0) is 19.0. The van der Waals surface area contributed by atoms with Gasteiger partial charge in [0.2, 0.25) is 0 Å². The van der Waals surface area contributed by atoms with Gasteiger partial charge in [0.25, 0.3) is 5.56 Å². The molecule has 4 aromatic rings. The Morgan fingerprint density at radius 3 is 2.07 bits per heavy atom. The number of H-pyrrole nitrogens is 1. The van der Waals surface area contributed by atoms with Crippen LogP contribution in [0, 0.1) is 0 Å². The fraction of sp³-hybridized carbons (Fsp3) is 0.0476. The average molecular weight is 377 g/mol. The van der Waals surface area contributed by atoms with Gasteiger partial charge >= 0.3 is 5.97 Å². The van der Waals surface area contributed by atoms with Crippen molar-refractivity contribution in [1.29, 1.82) is 0 Å². The van der Waals surface area contributed by atoms with E-state index in [0.717, 1.165) is 16.9 Å². The zero-order valence-corrected chi connectivity index (χ0v) is 15.2. The summed E-state index contributed by atoms with van der Waals surface area (Å²) in [6.07, 6.45) is 0. The molecule has 0 radical (unpaired) electrons. The molecular formula is C21H15NO4S. The molecule has 6 heteroatoms. The first-order valence-electron chi connectivity index (χ1n) is 8.22. The molecule has 0 atom stereocenters. The van der Waals surface area contributed by atoms with Crippen molar-refractivity contribution in [2.45, 2.75) is 0 Å². The van der Waals surface area contributed by atoms with Gasteiger partial charge in [-0.2, -0.15) is 0 Å². The summed E-state index contributed by atoms with van der Waals surface area (Å²) in [5, 5.41) is 11.5. The standard InChI is InChI=1S/C21H15NO4S/c1-26-21(25)18-14(12-8-4-2-5-9-12)16-17(23)15(13-10-6-3-7-11-13)19(24)22-20(16)27-18/h2-11H,1H3,(H2,22,23,24). The maximum absolute atomic E-state index is 12.6. The van der Waals surface area contributed by atoms with E-state index in [1.54, 1.807) is 24.3 Å². The molecule has 134 valence electrons. The van der Waals surface area contributed by atoms with Crippen molar-refractivity contribution in [2.24, 2.45) is 0 Å². The highest BCUT2D eigenvalue weighted by atomic mass is 32.1. The number of aromatic nitrogens is 1. The molecule has 0 aliphatic carbocycles. The predicted octanol–water partition coefficient (Wildman–Crippen LogP) is 4.42. The highest BCUT2D eigenvalue weighted by Gasteiger charge is 2.25. The third kappa shape index (κ3) is 2.80. The molecule has 0 unspecified atom stereocenters. The number of nitrogens with one attached hydrogen (secondary N) is 1. The first kappa shape index (κ1) is 17.1. The number of carbonyl (C=O) groups excluding carboxylic acids is 1. The van der Waals surface area contributed by atoms with Crippen LogP contribution in [-0.4, -0.2) is 23.2 Å². The smallest absolute Gasteiger partial charge is 0.348 e. The van der Waals surface area contributed by atoms with Crippen LogP contribution in [0.1, 0.15) is 9.67 Å². The normalized spacial score (nSPS) is 10.9. The number of ether oxygens (including phenoxy) is 1. The van der Waals surface area contributed by atoms with Crippen molar-refractivity contribution in [3.05, 3.63) is 75.9 Å². The van der Waals surface area contributed by atoms with Gasteiger partial charge in [0, 0.05) is 5.56 Å². The van der Waals surface area contributed by atoms with Crippen LogP contribution < -0.4 is 5.56 Å². The van der Waals surface area contributed by atoms with E-state index in [1.165, 1.54) is 7.11 Å². The van der Waals surface area contributed by atoms with Gasteiger partial charge in [0.15, 0.2) is 0 Å². The number of fused-ring (bicyclic) bond motifs is 1. The average Bonchev–Trinajstić information content (AvgIpc) is 3.08. The van der Waals surface area contributed by atoms with Crippen LogP contribution in [0.2, 0.25) is 0 Å². The van der Waals surface area contributed by atoms with Gasteiger partial charge in [-0.15, -0.1) is 11.3 Å². The van der Waals surface area contributed by atoms with E-state index in [2.05, 4.69) is 4.98 Å². The largest absolute Gasteiger partial charge is 0.506 e. The molecule has 2 aromatic carbocycles. The van der Waals surface area contributed by atoms with Crippen LogP contribution in [0.25, 0.3) is 32.5 Å². The zero-order valence-electron chi connectivity index (χ0n) is 14.4. The van der Waals surface area contributed by atoms with Crippen LogP contribution in [0.15, 0.2) is 65.5 Å². The molecule has 2 heterocycles. The Morgan fingerprint density at radius 2 is 1.52 bits per heavy atom. The lowest BCUT2D eigenvalue weighted by molar-refractivity contribution is 0.0607. The van der Waals surface area contributed by atoms with Gasteiger partial charge in [-0.25, -0.2) is 4.79 Å². The Bertz CT molecular complexity index is 1190. The van der Waals surface area contributed by atoms with Crippen LogP contribution in [-0.2, 0) is 4.74 Å². The van der Waals surface area contributed by atoms with Gasteiger partial charge in [-0.3, -0.25) is 4.79 Å². The van der Waals surface area contributed by atoms with E-state index in [-0.39, 0.29) is 11.3 Å². The molecular weight excluding hydrogens is 362 g/mol. The van der Waals surface area contributed by atoms with E-state index in [9.17, 15) is 14.7 Å². The summed E-state index contributed by atoms with van der Waals surface area (Å²) in [5.41, 5.74) is 1.67. The second-order valence-electron chi connectivity index (χ2n) is 5.91. The van der Waals surface area contributed by atoms with Crippen molar-refractivity contribution in [1.82, 2.24) is 4.98 Å². The van der Waals surface area contributed by atoms with Crippen molar-refractivity contribution in [3.63, 3.8) is 0 Å². The van der Waals surface area contributed by atoms with Gasteiger partial charge < -0.3 is 14.8 Å². The summed E-state index contributed by atoms with van der Waals surface area (Å²) in [5.74, 6) is -0.665. The molecule has 0 amide bonds. The van der Waals surface area contributed by atoms with E-state index < -0.39 is 11.5 Å². The van der Waals surface area contributed by atoms with Crippen molar-refractivity contribution in [3.8, 4) is 28.0 Å². The summed E-state index contributed by atoms with van der Waals surface area (Å²) in [4.78, 5) is 28.5. The summed E-state index contributed by atoms with van der Waals surface area (Å²) >= 11 is 1.09. The Labute approximate surface area is 158 Å². The molecule has 0 aliphatic heterocycles. The Morgan fingerprint density at radius 1 is 0.963 bits per heavy atom. The van der Waals surface area contributed by atoms with Crippen molar-refractivity contribution < 1.29 is 14.6 Å². The highest BCUT2D eigenvalue weighted by molar-refractivity contribution is 7.21. The summed E-state index contributed by atoms with van der Waals surface area (Å²) in [7, 11) is 1.31. The van der Waals surface area contributed by atoms with Crippen molar-refractivity contribution >= 4 is 27.5 Å². The summed E-state index contributed by atoms with van der Waals surface area (Å²) in [6, 6.07) is 18.2. The van der Waals surface area contributed by atoms with Gasteiger partial charge in [-0.05, 0) is 11.1 Å². The van der Waals surface area contributed by atoms with E-state index in [0.29, 0.717) is 26.2 Å². The van der Waals surface area contributed by atoms with Gasteiger partial charge in [0.1, 0.15) is 15.5 Å². The van der Waals surface area contributed by atoms with Crippen LogP contribution in [0.3, 0.4) is 0 Å². The maximum Gasteiger partial charge on any atom is 0.348 e. The summed E-state index contributed by atoms with van der Waals surface area (Å²) in [6.45, 7) is 0. The van der Waals surface area contributed by atoms with E-state index >= 15 is 0 Å². The lowest BCUT2D eigenvalue weighted by Crippen LogP contribution is -2.08. The molecule has 0 saturated heterocycles. The number of pyridine rings is 1. The number of rotatable bonds is 3. The molecule has 2 aromatic heterocycles. The van der Waals surface area contributed by atoms with Crippen LogP contribution in [0.4, 0.5) is 0 Å². The first-order valence-corrected chi connectivity index (χ1v) is 9.04. The minimum Gasteiger partial charge on any atom is -0.506 e. The second-order valence-corrected chi connectivity index (χ2v) is 6.93. The number of thiophene rings is 1. The minimum atomic E-state index is -0.517. The van der Waals surface area contributed by atoms with Crippen LogP contribution >= 0.6 is 11.3 Å². The molecule has 0 spiro atoms. The molecule has 0 saturated carbocycles. The number of aromatic amines is 1. The lowest BCUT2D eigenvalue weighted by Gasteiger charge is -2.08. The second kappa shape index (κ2) is 6.74. The predicted molar refractivity (Wildman–Crippen MR) is 106 cm³/mol. The fourth-order valence-corrected chi connectivity index (χ4v) is 4.27. The third-order valence-electron chi connectivity index (χ3n) is 4.33. The third-order valence-corrected chi connectivity index (χ3v) is 5.42. The number of methoxy groups -OCH3 is 1. The first-order chi connectivity index (χ1) is 13.1. The number of hydrogen-bond acceptors (Lipinski definition) is 5. The fourth-order valence-electron chi connectivity index (χ4n) is 3.13. The lowest BCUT2D eigenvalue weighted by atomic mass is 9.99. The monoisotopic (exact) mass is 377 g/mol. The summed E-state index contributed by atoms with van der Waals surface area (Å²) < 4.78 is 4.91. The van der Waals surface area contributed by atoms with Crippen LogP contribution in [0.5, 0.6) is 5.75 Å². The molecule has 0 bridgehead atoms. The Kier molecular flexibility index (Phi) is 4.25. The molecule has 2 N–H and O–H groups in total. The molecule has 27 heavy (non-hydrogen) atoms. The number of benzene rings is 2. The van der Waals surface area contributed by atoms with Crippen molar-refractivity contribution in [2.75, 3.05) is 7.11 Å². The Balaban J connectivity index is 2.13. The molecule has 5 nitrogen and oxygen atoms in total.